The third-order valence-electron chi connectivity index (χ3n) is 2.60. The monoisotopic (exact) mass is 185 g/mol. The molecule has 0 unspecified atom stereocenters. The Morgan fingerprint density at radius 3 is 3.00 bits per heavy atom. The lowest BCUT2D eigenvalue weighted by Gasteiger charge is -2.30. The zero-order valence-corrected chi connectivity index (χ0v) is 8.58. The van der Waals surface area contributed by atoms with E-state index in [1.807, 2.05) is 0 Å². The van der Waals surface area contributed by atoms with Gasteiger partial charge < -0.3 is 9.64 Å². The van der Waals surface area contributed by atoms with Gasteiger partial charge in [0.05, 0.1) is 13.5 Å². The van der Waals surface area contributed by atoms with E-state index in [4.69, 9.17) is 0 Å². The summed E-state index contributed by atoms with van der Waals surface area (Å²) >= 11 is 0. The number of carbonyl (C=O) groups excluding carboxylic acids is 1. The van der Waals surface area contributed by atoms with Crippen molar-refractivity contribution in [3.63, 3.8) is 0 Å². The van der Waals surface area contributed by atoms with Gasteiger partial charge in [-0.2, -0.15) is 0 Å². The lowest BCUT2D eigenvalue weighted by atomic mass is 10.0. The molecule has 0 amide bonds. The highest BCUT2D eigenvalue weighted by Crippen LogP contribution is 2.15. The first-order valence-corrected chi connectivity index (χ1v) is 5.01. The van der Waals surface area contributed by atoms with Crippen LogP contribution in [0.5, 0.6) is 0 Å². The maximum atomic E-state index is 10.9. The Morgan fingerprint density at radius 2 is 2.38 bits per heavy atom. The topological polar surface area (TPSA) is 29.5 Å². The van der Waals surface area contributed by atoms with Crippen molar-refractivity contribution in [2.24, 2.45) is 5.92 Å². The minimum absolute atomic E-state index is 0.0989. The summed E-state index contributed by atoms with van der Waals surface area (Å²) in [6.45, 7) is 5.40. The predicted octanol–water partition coefficient (Wildman–Crippen LogP) is 1.28. The van der Waals surface area contributed by atoms with Crippen molar-refractivity contribution in [2.45, 2.75) is 26.2 Å². The van der Waals surface area contributed by atoms with Gasteiger partial charge in [-0.05, 0) is 25.3 Å². The van der Waals surface area contributed by atoms with E-state index in [1.54, 1.807) is 0 Å². The van der Waals surface area contributed by atoms with Crippen LogP contribution in [0.4, 0.5) is 0 Å². The van der Waals surface area contributed by atoms with Crippen LogP contribution in [0, 0.1) is 5.92 Å². The fourth-order valence-corrected chi connectivity index (χ4v) is 1.84. The van der Waals surface area contributed by atoms with Crippen molar-refractivity contribution in [1.82, 2.24) is 4.90 Å². The number of hydrogen-bond donors (Lipinski definition) is 0. The largest absolute Gasteiger partial charge is 0.469 e. The van der Waals surface area contributed by atoms with E-state index in [-0.39, 0.29) is 5.97 Å². The first-order valence-electron chi connectivity index (χ1n) is 5.01. The van der Waals surface area contributed by atoms with Gasteiger partial charge in [0, 0.05) is 13.1 Å². The Kier molecular flexibility index (Phi) is 4.22. The summed E-state index contributed by atoms with van der Waals surface area (Å²) < 4.78 is 4.60. The molecule has 0 aromatic heterocycles. The molecule has 1 atom stereocenters. The van der Waals surface area contributed by atoms with E-state index in [0.29, 0.717) is 6.42 Å². The highest BCUT2D eigenvalue weighted by molar-refractivity contribution is 5.69. The smallest absolute Gasteiger partial charge is 0.306 e. The number of rotatable bonds is 3. The number of methoxy groups -OCH3 is 1. The Bertz CT molecular complexity index is 170. The maximum absolute atomic E-state index is 10.9. The second-order valence-corrected chi connectivity index (χ2v) is 3.87. The van der Waals surface area contributed by atoms with Gasteiger partial charge in [-0.3, -0.25) is 4.79 Å². The Labute approximate surface area is 80.1 Å². The number of carbonyl (C=O) groups is 1. The highest BCUT2D eigenvalue weighted by atomic mass is 16.5. The first-order chi connectivity index (χ1) is 6.22. The summed E-state index contributed by atoms with van der Waals surface area (Å²) in [7, 11) is 1.45. The molecule has 76 valence electrons. The van der Waals surface area contributed by atoms with E-state index < -0.39 is 0 Å². The molecule has 3 nitrogen and oxygen atoms in total. The molecule has 1 aliphatic rings. The first kappa shape index (κ1) is 10.5. The molecule has 0 spiro atoms. The Balaban J connectivity index is 2.17. The molecule has 0 bridgehead atoms. The number of ether oxygens (including phenoxy) is 1. The van der Waals surface area contributed by atoms with Crippen molar-refractivity contribution in [3.05, 3.63) is 0 Å². The van der Waals surface area contributed by atoms with Crippen LogP contribution in [0.15, 0.2) is 0 Å². The van der Waals surface area contributed by atoms with Crippen molar-refractivity contribution in [3.8, 4) is 0 Å². The second-order valence-electron chi connectivity index (χ2n) is 3.87. The Hall–Kier alpha value is -0.570. The zero-order chi connectivity index (χ0) is 9.68. The molecule has 0 aromatic carbocycles. The summed E-state index contributed by atoms with van der Waals surface area (Å²) in [5.74, 6) is 0.685. The average molecular weight is 185 g/mol. The van der Waals surface area contributed by atoms with Gasteiger partial charge >= 0.3 is 5.97 Å². The lowest BCUT2D eigenvalue weighted by molar-refractivity contribution is -0.141. The molecule has 1 rings (SSSR count). The second kappa shape index (κ2) is 5.22. The normalized spacial score (nSPS) is 24.3. The quantitative estimate of drug-likeness (QED) is 0.620. The van der Waals surface area contributed by atoms with Crippen LogP contribution < -0.4 is 0 Å². The van der Waals surface area contributed by atoms with Crippen LogP contribution in [0.25, 0.3) is 0 Å². The lowest BCUT2D eigenvalue weighted by Crippen LogP contribution is -2.35. The van der Waals surface area contributed by atoms with E-state index >= 15 is 0 Å². The molecular weight excluding hydrogens is 166 g/mol. The third kappa shape index (κ3) is 3.77. The molecule has 0 aliphatic carbocycles. The van der Waals surface area contributed by atoms with Crippen LogP contribution in [-0.2, 0) is 9.53 Å². The summed E-state index contributed by atoms with van der Waals surface area (Å²) in [6, 6.07) is 0. The minimum Gasteiger partial charge on any atom is -0.469 e. The number of nitrogens with zero attached hydrogens (tertiary/aromatic N) is 1. The van der Waals surface area contributed by atoms with E-state index in [9.17, 15) is 4.79 Å². The van der Waals surface area contributed by atoms with Gasteiger partial charge in [0.25, 0.3) is 0 Å². The molecular formula is C10H19NO2. The maximum Gasteiger partial charge on any atom is 0.306 e. The number of hydrogen-bond acceptors (Lipinski definition) is 3. The van der Waals surface area contributed by atoms with Crippen molar-refractivity contribution in [1.29, 1.82) is 0 Å². The van der Waals surface area contributed by atoms with Gasteiger partial charge in [0.1, 0.15) is 0 Å². The summed E-state index contributed by atoms with van der Waals surface area (Å²) in [5, 5.41) is 0. The molecule has 0 saturated carbocycles. The van der Waals surface area contributed by atoms with Gasteiger partial charge in [-0.1, -0.05) is 6.92 Å². The zero-order valence-electron chi connectivity index (χ0n) is 8.58. The summed E-state index contributed by atoms with van der Waals surface area (Å²) in [4.78, 5) is 13.2. The molecule has 13 heavy (non-hydrogen) atoms. The van der Waals surface area contributed by atoms with Crippen LogP contribution in [0.3, 0.4) is 0 Å². The third-order valence-corrected chi connectivity index (χ3v) is 2.60. The van der Waals surface area contributed by atoms with Crippen LogP contribution in [0.1, 0.15) is 26.2 Å². The SMILES string of the molecule is COC(=O)CCN1CCC[C@H](C)C1. The van der Waals surface area contributed by atoms with E-state index in [0.717, 1.165) is 25.6 Å². The van der Waals surface area contributed by atoms with Gasteiger partial charge in [0.15, 0.2) is 0 Å². The van der Waals surface area contributed by atoms with Gasteiger partial charge in [-0.15, -0.1) is 0 Å². The molecule has 0 aromatic rings. The minimum atomic E-state index is -0.0989. The average Bonchev–Trinajstić information content (AvgIpc) is 2.14. The number of esters is 1. The predicted molar refractivity (Wildman–Crippen MR) is 51.5 cm³/mol. The number of piperidine rings is 1. The summed E-state index contributed by atoms with van der Waals surface area (Å²) in [5.41, 5.74) is 0. The molecule has 1 fully saturated rings. The van der Waals surface area contributed by atoms with E-state index in [2.05, 4.69) is 16.6 Å². The summed E-state index contributed by atoms with van der Waals surface area (Å²) in [6.07, 6.45) is 3.13. The molecule has 0 radical (unpaired) electrons. The molecule has 3 heteroatoms. The molecule has 1 saturated heterocycles. The number of likely N-dealkylation sites (tertiary alicyclic amines) is 1. The van der Waals surface area contributed by atoms with Crippen molar-refractivity contribution < 1.29 is 9.53 Å². The fourth-order valence-electron chi connectivity index (χ4n) is 1.84. The molecule has 1 aliphatic heterocycles. The van der Waals surface area contributed by atoms with E-state index in [1.165, 1.54) is 20.0 Å². The molecule has 1 heterocycles. The molecule has 0 N–H and O–H groups in total. The fraction of sp³-hybridized carbons (Fsp3) is 0.900. The van der Waals surface area contributed by atoms with Gasteiger partial charge in [-0.25, -0.2) is 0 Å². The van der Waals surface area contributed by atoms with Crippen LogP contribution in [-0.4, -0.2) is 37.6 Å². The van der Waals surface area contributed by atoms with Crippen molar-refractivity contribution in [2.75, 3.05) is 26.7 Å². The Morgan fingerprint density at radius 1 is 1.62 bits per heavy atom. The van der Waals surface area contributed by atoms with Crippen LogP contribution >= 0.6 is 0 Å². The highest BCUT2D eigenvalue weighted by Gasteiger charge is 2.16. The van der Waals surface area contributed by atoms with Crippen molar-refractivity contribution >= 4 is 5.97 Å². The van der Waals surface area contributed by atoms with Gasteiger partial charge in [0.2, 0.25) is 0 Å². The van der Waals surface area contributed by atoms with Crippen LogP contribution in [0.2, 0.25) is 0 Å². The standard InChI is InChI=1S/C10H19NO2/c1-9-4-3-6-11(8-9)7-5-10(12)13-2/h9H,3-8H2,1-2H3/t9-/m0/s1.